The topological polar surface area (TPSA) is 40.2 Å². The van der Waals surface area contributed by atoms with E-state index in [-0.39, 0.29) is 0 Å². The number of aryl methyl sites for hydroxylation is 2. The first-order chi connectivity index (χ1) is 5.25. The van der Waals surface area contributed by atoms with Gasteiger partial charge in [0.25, 0.3) is 5.39 Å². The smallest absolute Gasteiger partial charge is 0.0616 e. The van der Waals surface area contributed by atoms with Gasteiger partial charge in [-0.15, -0.1) is 0 Å². The Morgan fingerprint density at radius 3 is 2.27 bits per heavy atom. The van der Waals surface area contributed by atoms with Crippen LogP contribution in [0.2, 0.25) is 0 Å². The van der Waals surface area contributed by atoms with Crippen LogP contribution in [0.5, 0.6) is 0 Å². The lowest BCUT2D eigenvalue weighted by Crippen LogP contribution is -1.90. The molecule has 0 aliphatic heterocycles. The number of anilines is 1. The Morgan fingerprint density at radius 2 is 1.82 bits per heavy atom. The highest BCUT2D eigenvalue weighted by Crippen LogP contribution is 2.18. The minimum absolute atomic E-state index is 0.870. The van der Waals surface area contributed by atoms with Gasteiger partial charge in [-0.1, -0.05) is 18.2 Å². The van der Waals surface area contributed by atoms with Gasteiger partial charge in [0.2, 0.25) is 0 Å². The van der Waals surface area contributed by atoms with Crippen molar-refractivity contribution in [2.75, 3.05) is 5.43 Å². The maximum absolute atomic E-state index is 8.28. The summed E-state index contributed by atoms with van der Waals surface area (Å²) in [5, 5.41) is 11.2. The van der Waals surface area contributed by atoms with Crippen LogP contribution >= 0.6 is 0 Å². The van der Waals surface area contributed by atoms with Crippen molar-refractivity contribution < 1.29 is 0 Å². The highest BCUT2D eigenvalue weighted by Gasteiger charge is 2.04. The predicted octanol–water partition coefficient (Wildman–Crippen LogP) is 2.48. The number of nitrogens with zero attached hydrogens (tertiary/aromatic N) is 2. The van der Waals surface area contributed by atoms with Gasteiger partial charge in [0.15, 0.2) is 0 Å². The van der Waals surface area contributed by atoms with E-state index in [9.17, 15) is 0 Å². The SMILES string of the molecule is Cc1cccc(C)c1N[N+]#N. The van der Waals surface area contributed by atoms with Crippen LogP contribution in [0.15, 0.2) is 18.2 Å². The highest BCUT2D eigenvalue weighted by molar-refractivity contribution is 5.57. The van der Waals surface area contributed by atoms with Crippen LogP contribution in [0.3, 0.4) is 0 Å². The van der Waals surface area contributed by atoms with Gasteiger partial charge in [-0.2, -0.15) is 0 Å². The Labute approximate surface area is 65.6 Å². The maximum atomic E-state index is 8.28. The number of rotatable bonds is 1. The molecule has 0 saturated heterocycles. The molecule has 3 nitrogen and oxygen atoms in total. The minimum atomic E-state index is 0.870. The molecule has 0 spiro atoms. The van der Waals surface area contributed by atoms with Gasteiger partial charge in [0, 0.05) is 0 Å². The summed E-state index contributed by atoms with van der Waals surface area (Å²) >= 11 is 0. The molecule has 0 radical (unpaired) electrons. The molecule has 0 bridgehead atoms. The van der Waals surface area contributed by atoms with Crippen molar-refractivity contribution in [1.29, 1.82) is 5.39 Å². The van der Waals surface area contributed by atoms with Gasteiger partial charge >= 0.3 is 5.08 Å². The monoisotopic (exact) mass is 148 g/mol. The number of benzene rings is 1. The molecule has 1 N–H and O–H groups in total. The van der Waals surface area contributed by atoms with Crippen molar-refractivity contribution in [2.45, 2.75) is 13.8 Å². The Hall–Kier alpha value is -1.56. The molecule has 0 aromatic heterocycles. The molecule has 0 saturated carbocycles. The lowest BCUT2D eigenvalue weighted by molar-refractivity contribution is 1.32. The predicted molar refractivity (Wildman–Crippen MR) is 44.6 cm³/mol. The zero-order valence-corrected chi connectivity index (χ0v) is 6.63. The van der Waals surface area contributed by atoms with E-state index in [2.05, 4.69) is 10.5 Å². The largest absolute Gasteiger partial charge is 0.308 e. The summed E-state index contributed by atoms with van der Waals surface area (Å²) in [6, 6.07) is 5.88. The molecule has 1 aromatic carbocycles. The van der Waals surface area contributed by atoms with Crippen molar-refractivity contribution in [3.05, 3.63) is 34.4 Å². The van der Waals surface area contributed by atoms with Crippen molar-refractivity contribution in [3.63, 3.8) is 0 Å². The summed E-state index contributed by atoms with van der Waals surface area (Å²) in [7, 11) is 0. The van der Waals surface area contributed by atoms with Crippen LogP contribution in [-0.4, -0.2) is 0 Å². The van der Waals surface area contributed by atoms with Crippen LogP contribution in [-0.2, 0) is 0 Å². The fourth-order valence-corrected chi connectivity index (χ4v) is 1.04. The molecule has 0 unspecified atom stereocenters. The molecular formula is C8H10N3+. The van der Waals surface area contributed by atoms with E-state index in [1.54, 1.807) is 0 Å². The van der Waals surface area contributed by atoms with E-state index in [1.807, 2.05) is 32.0 Å². The number of para-hydroxylation sites is 1. The van der Waals surface area contributed by atoms with Crippen LogP contribution in [0.1, 0.15) is 11.1 Å². The lowest BCUT2D eigenvalue weighted by atomic mass is 10.1. The Balaban J connectivity index is 3.12. The highest BCUT2D eigenvalue weighted by atomic mass is 15.3. The van der Waals surface area contributed by atoms with Gasteiger partial charge in [-0.25, -0.2) is 0 Å². The molecule has 0 fully saturated rings. The molecule has 3 heteroatoms. The first kappa shape index (κ1) is 7.55. The van der Waals surface area contributed by atoms with E-state index in [0.29, 0.717) is 0 Å². The molecular weight excluding hydrogens is 138 g/mol. The van der Waals surface area contributed by atoms with Crippen molar-refractivity contribution in [2.24, 2.45) is 0 Å². The van der Waals surface area contributed by atoms with Crippen LogP contribution in [0, 0.1) is 19.2 Å². The summed E-state index contributed by atoms with van der Waals surface area (Å²) in [4.78, 5) is 0. The van der Waals surface area contributed by atoms with E-state index in [1.165, 1.54) is 0 Å². The van der Waals surface area contributed by atoms with Crippen molar-refractivity contribution in [3.8, 4) is 0 Å². The Kier molecular flexibility index (Phi) is 2.07. The van der Waals surface area contributed by atoms with Gasteiger partial charge in [0.1, 0.15) is 5.69 Å². The molecule has 0 aliphatic rings. The second kappa shape index (κ2) is 3.02. The summed E-state index contributed by atoms with van der Waals surface area (Å²) in [6.45, 7) is 3.92. The van der Waals surface area contributed by atoms with Gasteiger partial charge < -0.3 is 0 Å². The van der Waals surface area contributed by atoms with E-state index in [0.717, 1.165) is 16.8 Å². The van der Waals surface area contributed by atoms with E-state index in [4.69, 9.17) is 5.39 Å². The third-order valence-electron chi connectivity index (χ3n) is 1.64. The Morgan fingerprint density at radius 1 is 1.27 bits per heavy atom. The summed E-state index contributed by atoms with van der Waals surface area (Å²) < 4.78 is 0. The maximum Gasteiger partial charge on any atom is 0.308 e. The van der Waals surface area contributed by atoms with Crippen molar-refractivity contribution in [1.82, 2.24) is 0 Å². The molecule has 0 atom stereocenters. The second-order valence-corrected chi connectivity index (χ2v) is 2.48. The molecule has 1 rings (SSSR count). The lowest BCUT2D eigenvalue weighted by Gasteiger charge is -1.99. The fourth-order valence-electron chi connectivity index (χ4n) is 1.04. The molecule has 11 heavy (non-hydrogen) atoms. The Bertz CT molecular complexity index is 278. The van der Waals surface area contributed by atoms with E-state index >= 15 is 0 Å². The number of nitrogens with one attached hydrogen (secondary N) is 1. The number of diazo groups is 1. The van der Waals surface area contributed by atoms with Crippen LogP contribution < -0.4 is 5.43 Å². The van der Waals surface area contributed by atoms with E-state index < -0.39 is 0 Å². The first-order valence-corrected chi connectivity index (χ1v) is 3.42. The summed E-state index contributed by atoms with van der Waals surface area (Å²) in [6.07, 6.45) is 0. The van der Waals surface area contributed by atoms with Gasteiger partial charge in [-0.3, -0.25) is 0 Å². The standard InChI is InChI=1S/C8H10N3/c1-6-4-3-5-7(2)8(6)10-11-9/h3-5,10H,1-2H3/q+1. The first-order valence-electron chi connectivity index (χ1n) is 3.42. The van der Waals surface area contributed by atoms with Gasteiger partial charge in [0.05, 0.1) is 0 Å². The fraction of sp³-hybridized carbons (Fsp3) is 0.250. The van der Waals surface area contributed by atoms with Crippen molar-refractivity contribution >= 4 is 5.69 Å². The van der Waals surface area contributed by atoms with Gasteiger partial charge in [-0.05, 0) is 30.4 Å². The zero-order chi connectivity index (χ0) is 8.27. The molecule has 0 amide bonds. The number of hydrogen-bond acceptors (Lipinski definition) is 2. The molecule has 0 heterocycles. The number of hydrogen-bond donors (Lipinski definition) is 1. The third kappa shape index (κ3) is 1.47. The second-order valence-electron chi connectivity index (χ2n) is 2.48. The third-order valence-corrected chi connectivity index (χ3v) is 1.64. The average Bonchev–Trinajstić information content (AvgIpc) is 1.97. The summed E-state index contributed by atoms with van der Waals surface area (Å²) in [5.41, 5.74) is 5.54. The molecule has 0 aliphatic carbocycles. The molecule has 56 valence electrons. The van der Waals surface area contributed by atoms with Crippen LogP contribution in [0.25, 0.3) is 5.08 Å². The zero-order valence-electron chi connectivity index (χ0n) is 6.63. The average molecular weight is 148 g/mol. The summed E-state index contributed by atoms with van der Waals surface area (Å²) in [5.74, 6) is 0. The molecule has 1 aromatic rings. The quantitative estimate of drug-likeness (QED) is 0.491. The van der Waals surface area contributed by atoms with Crippen LogP contribution in [0.4, 0.5) is 5.69 Å². The minimum Gasteiger partial charge on any atom is -0.0616 e. The normalized spacial score (nSPS) is 8.82.